The van der Waals surface area contributed by atoms with E-state index in [0.29, 0.717) is 17.9 Å². The molecule has 0 fully saturated rings. The van der Waals surface area contributed by atoms with Crippen LogP contribution >= 0.6 is 0 Å². The molecule has 2 rings (SSSR count). The van der Waals surface area contributed by atoms with Gasteiger partial charge < -0.3 is 10.1 Å². The number of Topliss-reactive ketones (excluding diaryl/α,β-unsaturated/α-hetero) is 1. The highest BCUT2D eigenvalue weighted by Crippen LogP contribution is 2.15. The van der Waals surface area contributed by atoms with Gasteiger partial charge in [-0.05, 0) is 55.0 Å². The summed E-state index contributed by atoms with van der Waals surface area (Å²) in [5.74, 6) is -0.0267. The first-order chi connectivity index (χ1) is 11.6. The van der Waals surface area contributed by atoms with Crippen LogP contribution in [0, 0.1) is 5.82 Å². The van der Waals surface area contributed by atoms with E-state index in [1.165, 1.54) is 24.3 Å². The van der Waals surface area contributed by atoms with Gasteiger partial charge in [0, 0.05) is 24.1 Å². The van der Waals surface area contributed by atoms with E-state index >= 15 is 0 Å². The van der Waals surface area contributed by atoms with Gasteiger partial charge in [0.05, 0.1) is 6.61 Å². The molecule has 0 aliphatic heterocycles. The summed E-state index contributed by atoms with van der Waals surface area (Å²) in [5.41, 5.74) is 1.06. The highest BCUT2D eigenvalue weighted by Gasteiger charge is 2.10. The average Bonchev–Trinajstić information content (AvgIpc) is 2.60. The van der Waals surface area contributed by atoms with Crippen LogP contribution in [-0.4, -0.2) is 18.3 Å². The van der Waals surface area contributed by atoms with Crippen molar-refractivity contribution in [2.75, 3.05) is 11.9 Å². The number of hydrogen-bond acceptors (Lipinski definition) is 3. The number of nitrogens with one attached hydrogen (secondary N) is 1. The standard InChI is InChI=1S/C19H20FNO3/c1-2-13-24-17-9-3-14(4-10-17)18(22)11-12-19(23)21-16-7-5-15(20)6-8-16/h3-10H,2,11-13H2,1H3,(H,21,23). The van der Waals surface area contributed by atoms with Crippen molar-refractivity contribution in [2.45, 2.75) is 26.2 Å². The summed E-state index contributed by atoms with van der Waals surface area (Å²) in [4.78, 5) is 23.9. The van der Waals surface area contributed by atoms with Crippen LogP contribution in [0.2, 0.25) is 0 Å². The zero-order valence-electron chi connectivity index (χ0n) is 13.5. The third kappa shape index (κ3) is 5.50. The molecule has 0 aliphatic carbocycles. The normalized spacial score (nSPS) is 10.2. The maximum atomic E-state index is 12.8. The van der Waals surface area contributed by atoms with Gasteiger partial charge in [-0.1, -0.05) is 6.92 Å². The second kappa shape index (κ2) is 8.82. The number of ketones is 1. The molecule has 0 heterocycles. The van der Waals surface area contributed by atoms with Crippen molar-refractivity contribution in [1.29, 1.82) is 0 Å². The van der Waals surface area contributed by atoms with Crippen molar-refractivity contribution >= 4 is 17.4 Å². The van der Waals surface area contributed by atoms with Crippen LogP contribution in [-0.2, 0) is 4.79 Å². The van der Waals surface area contributed by atoms with Gasteiger partial charge in [0.2, 0.25) is 5.91 Å². The van der Waals surface area contributed by atoms with Crippen molar-refractivity contribution < 1.29 is 18.7 Å². The van der Waals surface area contributed by atoms with Gasteiger partial charge in [-0.25, -0.2) is 4.39 Å². The fourth-order valence-corrected chi connectivity index (χ4v) is 2.09. The molecule has 2 aromatic rings. The topological polar surface area (TPSA) is 55.4 Å². The summed E-state index contributed by atoms with van der Waals surface area (Å²) in [6.45, 7) is 2.66. The second-order valence-corrected chi connectivity index (χ2v) is 5.35. The molecule has 0 aromatic heterocycles. The summed E-state index contributed by atoms with van der Waals surface area (Å²) in [6.07, 6.45) is 1.11. The zero-order chi connectivity index (χ0) is 17.4. The van der Waals surface area contributed by atoms with Crippen molar-refractivity contribution in [3.63, 3.8) is 0 Å². The lowest BCUT2D eigenvalue weighted by Gasteiger charge is -2.06. The maximum absolute atomic E-state index is 12.8. The minimum Gasteiger partial charge on any atom is -0.494 e. The smallest absolute Gasteiger partial charge is 0.224 e. The maximum Gasteiger partial charge on any atom is 0.224 e. The largest absolute Gasteiger partial charge is 0.494 e. The van der Waals surface area contributed by atoms with E-state index in [4.69, 9.17) is 4.74 Å². The molecule has 1 N–H and O–H groups in total. The number of anilines is 1. The predicted octanol–water partition coefficient (Wildman–Crippen LogP) is 4.22. The van der Waals surface area contributed by atoms with E-state index in [0.717, 1.165) is 12.2 Å². The minimum absolute atomic E-state index is 0.0737. The van der Waals surface area contributed by atoms with Crippen LogP contribution in [0.5, 0.6) is 5.75 Å². The number of halogens is 1. The average molecular weight is 329 g/mol. The van der Waals surface area contributed by atoms with Crippen molar-refractivity contribution in [3.8, 4) is 5.75 Å². The molecular weight excluding hydrogens is 309 g/mol. The number of carbonyl (C=O) groups is 2. The molecule has 0 spiro atoms. The molecule has 0 bridgehead atoms. The monoisotopic (exact) mass is 329 g/mol. The Hall–Kier alpha value is -2.69. The first kappa shape index (κ1) is 17.7. The Bertz CT molecular complexity index is 681. The second-order valence-electron chi connectivity index (χ2n) is 5.35. The molecule has 4 nitrogen and oxygen atoms in total. The Balaban J connectivity index is 1.81. The van der Waals surface area contributed by atoms with E-state index in [-0.39, 0.29) is 30.3 Å². The third-order valence-electron chi connectivity index (χ3n) is 3.36. The fourth-order valence-electron chi connectivity index (χ4n) is 2.09. The van der Waals surface area contributed by atoms with Gasteiger partial charge >= 0.3 is 0 Å². The zero-order valence-corrected chi connectivity index (χ0v) is 13.5. The van der Waals surface area contributed by atoms with E-state index in [2.05, 4.69) is 5.32 Å². The summed E-state index contributed by atoms with van der Waals surface area (Å²) in [5, 5.41) is 2.63. The van der Waals surface area contributed by atoms with Crippen molar-refractivity contribution in [2.24, 2.45) is 0 Å². The molecule has 1 amide bonds. The van der Waals surface area contributed by atoms with Crippen LogP contribution in [0.3, 0.4) is 0 Å². The Morgan fingerprint density at radius 1 is 1.00 bits per heavy atom. The Kier molecular flexibility index (Phi) is 6.49. The van der Waals surface area contributed by atoms with Gasteiger partial charge in [0.25, 0.3) is 0 Å². The lowest BCUT2D eigenvalue weighted by Crippen LogP contribution is -2.13. The summed E-state index contributed by atoms with van der Waals surface area (Å²) in [6, 6.07) is 12.4. The van der Waals surface area contributed by atoms with Crippen LogP contribution in [0.15, 0.2) is 48.5 Å². The van der Waals surface area contributed by atoms with E-state index < -0.39 is 0 Å². The lowest BCUT2D eigenvalue weighted by molar-refractivity contribution is -0.116. The molecule has 0 saturated carbocycles. The van der Waals surface area contributed by atoms with Crippen LogP contribution in [0.1, 0.15) is 36.5 Å². The number of ether oxygens (including phenoxy) is 1. The number of benzene rings is 2. The predicted molar refractivity (Wildman–Crippen MR) is 90.8 cm³/mol. The molecule has 0 unspecified atom stereocenters. The lowest BCUT2D eigenvalue weighted by atomic mass is 10.1. The van der Waals surface area contributed by atoms with Crippen molar-refractivity contribution in [3.05, 3.63) is 59.9 Å². The molecule has 0 aliphatic rings. The summed E-state index contributed by atoms with van der Waals surface area (Å²) < 4.78 is 18.3. The summed E-state index contributed by atoms with van der Waals surface area (Å²) in [7, 11) is 0. The Morgan fingerprint density at radius 3 is 2.29 bits per heavy atom. The Morgan fingerprint density at radius 2 is 1.67 bits per heavy atom. The third-order valence-corrected chi connectivity index (χ3v) is 3.36. The molecule has 2 aromatic carbocycles. The molecule has 0 saturated heterocycles. The van der Waals surface area contributed by atoms with Gasteiger partial charge in [0.15, 0.2) is 5.78 Å². The molecule has 126 valence electrons. The van der Waals surface area contributed by atoms with Gasteiger partial charge in [-0.15, -0.1) is 0 Å². The number of hydrogen-bond donors (Lipinski definition) is 1. The van der Waals surface area contributed by atoms with E-state index in [1.54, 1.807) is 24.3 Å². The van der Waals surface area contributed by atoms with E-state index in [1.807, 2.05) is 6.92 Å². The van der Waals surface area contributed by atoms with E-state index in [9.17, 15) is 14.0 Å². The van der Waals surface area contributed by atoms with Gasteiger partial charge in [0.1, 0.15) is 11.6 Å². The Labute approximate surface area is 140 Å². The summed E-state index contributed by atoms with van der Waals surface area (Å²) >= 11 is 0. The molecular formula is C19H20FNO3. The van der Waals surface area contributed by atoms with Crippen molar-refractivity contribution in [1.82, 2.24) is 0 Å². The number of rotatable bonds is 8. The number of carbonyl (C=O) groups excluding carboxylic acids is 2. The quantitative estimate of drug-likeness (QED) is 0.738. The van der Waals surface area contributed by atoms with Crippen LogP contribution < -0.4 is 10.1 Å². The molecule has 5 heteroatoms. The van der Waals surface area contributed by atoms with Gasteiger partial charge in [-0.2, -0.15) is 0 Å². The first-order valence-corrected chi connectivity index (χ1v) is 7.90. The molecule has 24 heavy (non-hydrogen) atoms. The molecule has 0 radical (unpaired) electrons. The SMILES string of the molecule is CCCOc1ccc(C(=O)CCC(=O)Nc2ccc(F)cc2)cc1. The molecule has 0 atom stereocenters. The fraction of sp³-hybridized carbons (Fsp3) is 0.263. The van der Waals surface area contributed by atoms with Crippen LogP contribution in [0.4, 0.5) is 10.1 Å². The highest BCUT2D eigenvalue weighted by atomic mass is 19.1. The van der Waals surface area contributed by atoms with Crippen LogP contribution in [0.25, 0.3) is 0 Å². The minimum atomic E-state index is -0.366. The number of amides is 1. The van der Waals surface area contributed by atoms with Gasteiger partial charge in [-0.3, -0.25) is 9.59 Å². The highest BCUT2D eigenvalue weighted by molar-refractivity contribution is 6.00. The first-order valence-electron chi connectivity index (χ1n) is 7.90.